The largest absolute Gasteiger partial charge is 0.393 e. The van der Waals surface area contributed by atoms with Gasteiger partial charge in [-0.25, -0.2) is 4.31 Å². The van der Waals surface area contributed by atoms with Gasteiger partial charge in [0.15, 0.2) is 0 Å². The van der Waals surface area contributed by atoms with E-state index in [2.05, 4.69) is 6.07 Å². The molecule has 2 atom stereocenters. The molecule has 26 heavy (non-hydrogen) atoms. The fourth-order valence-corrected chi connectivity index (χ4v) is 5.47. The maximum atomic E-state index is 10.8. The predicted molar refractivity (Wildman–Crippen MR) is 107 cm³/mol. The first-order valence-electron chi connectivity index (χ1n) is 7.81. The Kier molecular flexibility index (Phi) is 6.41. The van der Waals surface area contributed by atoms with E-state index < -0.39 is 5.60 Å². The van der Waals surface area contributed by atoms with E-state index in [0.29, 0.717) is 28.7 Å². The van der Waals surface area contributed by atoms with Crippen LogP contribution in [0.2, 0.25) is 10.0 Å². The lowest BCUT2D eigenvalue weighted by Crippen LogP contribution is -2.43. The fourth-order valence-electron chi connectivity index (χ4n) is 2.66. The summed E-state index contributed by atoms with van der Waals surface area (Å²) in [5.41, 5.74) is -0.708. The third-order valence-corrected chi connectivity index (χ3v) is 7.26. The molecule has 0 bridgehead atoms. The third kappa shape index (κ3) is 4.49. The molecule has 1 saturated heterocycles. The standard InChI is InChI=1S/C18H16Cl2N2O2S2/c19-13-2-4-14(5-3-13)25-17-9-22(10-18(17,24)11-23)26-16-6-1-12(8-21)7-15(16)20/h1-7,17,23-24H,9-11H2/t17-,18+/m0/s1. The van der Waals surface area contributed by atoms with E-state index in [0.717, 1.165) is 9.79 Å². The molecule has 1 heterocycles. The number of nitrogens with zero attached hydrogens (tertiary/aromatic N) is 2. The monoisotopic (exact) mass is 426 g/mol. The first-order valence-corrected chi connectivity index (χ1v) is 10.2. The lowest BCUT2D eigenvalue weighted by atomic mass is 10.1. The van der Waals surface area contributed by atoms with Crippen LogP contribution < -0.4 is 0 Å². The summed E-state index contributed by atoms with van der Waals surface area (Å²) in [6.45, 7) is 0.567. The lowest BCUT2D eigenvalue weighted by molar-refractivity contribution is 0.00369. The predicted octanol–water partition coefficient (Wildman–Crippen LogP) is 4.07. The van der Waals surface area contributed by atoms with Crippen molar-refractivity contribution in [3.63, 3.8) is 0 Å². The number of rotatable bonds is 5. The Morgan fingerprint density at radius 2 is 1.96 bits per heavy atom. The Morgan fingerprint density at radius 3 is 2.58 bits per heavy atom. The summed E-state index contributed by atoms with van der Waals surface area (Å²) in [6.07, 6.45) is 0. The molecule has 1 fully saturated rings. The Morgan fingerprint density at radius 1 is 1.23 bits per heavy atom. The van der Waals surface area contributed by atoms with Crippen LogP contribution in [-0.4, -0.2) is 45.1 Å². The smallest absolute Gasteiger partial charge is 0.115 e. The molecule has 0 saturated carbocycles. The van der Waals surface area contributed by atoms with Crippen molar-refractivity contribution in [2.24, 2.45) is 0 Å². The summed E-state index contributed by atoms with van der Waals surface area (Å²) >= 11 is 15.1. The van der Waals surface area contributed by atoms with Gasteiger partial charge in [-0.3, -0.25) is 0 Å². The molecule has 0 aliphatic carbocycles. The Bertz CT molecular complexity index is 829. The number of aliphatic hydroxyl groups excluding tert-OH is 1. The number of hydrogen-bond acceptors (Lipinski definition) is 6. The van der Waals surface area contributed by atoms with E-state index in [1.807, 2.05) is 16.4 Å². The molecule has 8 heteroatoms. The van der Waals surface area contributed by atoms with E-state index in [-0.39, 0.29) is 11.9 Å². The van der Waals surface area contributed by atoms with Gasteiger partial charge >= 0.3 is 0 Å². The quantitative estimate of drug-likeness (QED) is 0.702. The molecular weight excluding hydrogens is 411 g/mol. The van der Waals surface area contributed by atoms with Crippen LogP contribution in [0.15, 0.2) is 52.3 Å². The van der Waals surface area contributed by atoms with Crippen LogP contribution in [0.3, 0.4) is 0 Å². The van der Waals surface area contributed by atoms with Crippen LogP contribution in [0.1, 0.15) is 5.56 Å². The number of hydrogen-bond donors (Lipinski definition) is 2. The van der Waals surface area contributed by atoms with Crippen LogP contribution in [0, 0.1) is 11.3 Å². The van der Waals surface area contributed by atoms with E-state index >= 15 is 0 Å². The summed E-state index contributed by atoms with van der Waals surface area (Å²) in [5.74, 6) is 0. The van der Waals surface area contributed by atoms with Crippen LogP contribution >= 0.6 is 46.9 Å². The first-order chi connectivity index (χ1) is 12.4. The highest BCUT2D eigenvalue weighted by Gasteiger charge is 2.46. The second kappa shape index (κ2) is 8.41. The molecule has 4 nitrogen and oxygen atoms in total. The highest BCUT2D eigenvalue weighted by Crippen LogP contribution is 2.41. The first kappa shape index (κ1) is 19.8. The van der Waals surface area contributed by atoms with Crippen LogP contribution in [0.5, 0.6) is 0 Å². The number of aliphatic hydroxyl groups is 2. The highest BCUT2D eigenvalue weighted by molar-refractivity contribution is 8.00. The van der Waals surface area contributed by atoms with Gasteiger partial charge in [0.05, 0.1) is 28.5 Å². The third-order valence-electron chi connectivity index (χ3n) is 4.07. The van der Waals surface area contributed by atoms with Crippen molar-refractivity contribution < 1.29 is 10.2 Å². The maximum Gasteiger partial charge on any atom is 0.115 e. The van der Waals surface area contributed by atoms with Gasteiger partial charge in [-0.15, -0.1) is 11.8 Å². The normalized spacial score (nSPS) is 23.1. The van der Waals surface area contributed by atoms with E-state index in [1.54, 1.807) is 30.3 Å². The number of nitriles is 1. The maximum absolute atomic E-state index is 10.8. The van der Waals surface area contributed by atoms with Crippen LogP contribution in [0.25, 0.3) is 0 Å². The molecule has 1 aliphatic heterocycles. The lowest BCUT2D eigenvalue weighted by Gasteiger charge is -2.26. The van der Waals surface area contributed by atoms with Crippen molar-refractivity contribution in [2.75, 3.05) is 19.7 Å². The Balaban J connectivity index is 1.73. The summed E-state index contributed by atoms with van der Waals surface area (Å²) in [4.78, 5) is 1.79. The van der Waals surface area contributed by atoms with Gasteiger partial charge in [-0.1, -0.05) is 23.2 Å². The van der Waals surface area contributed by atoms with Crippen LogP contribution in [-0.2, 0) is 0 Å². The summed E-state index contributed by atoms with van der Waals surface area (Å²) in [7, 11) is 0. The van der Waals surface area contributed by atoms with Crippen molar-refractivity contribution in [2.45, 2.75) is 20.6 Å². The molecule has 0 unspecified atom stereocenters. The zero-order chi connectivity index (χ0) is 18.7. The second-order valence-corrected chi connectivity index (χ2v) is 9.25. The molecule has 2 aromatic carbocycles. The molecule has 0 spiro atoms. The van der Waals surface area contributed by atoms with E-state index in [1.165, 1.54) is 23.7 Å². The minimum absolute atomic E-state index is 0.196. The van der Waals surface area contributed by atoms with Gasteiger partial charge in [0.25, 0.3) is 0 Å². The van der Waals surface area contributed by atoms with Crippen molar-refractivity contribution in [1.29, 1.82) is 5.26 Å². The van der Waals surface area contributed by atoms with Crippen LogP contribution in [0.4, 0.5) is 0 Å². The van der Waals surface area contributed by atoms with Crippen molar-refractivity contribution >= 4 is 46.9 Å². The number of halogens is 2. The molecular formula is C18H16Cl2N2O2S2. The molecule has 0 radical (unpaired) electrons. The Hall–Kier alpha value is -0.910. The number of benzene rings is 2. The van der Waals surface area contributed by atoms with Gasteiger partial charge in [0.1, 0.15) is 5.60 Å². The van der Waals surface area contributed by atoms with Gasteiger partial charge in [0.2, 0.25) is 0 Å². The van der Waals surface area contributed by atoms with Gasteiger partial charge < -0.3 is 10.2 Å². The van der Waals surface area contributed by atoms with Crippen molar-refractivity contribution in [3.05, 3.63) is 58.1 Å². The minimum Gasteiger partial charge on any atom is -0.393 e. The van der Waals surface area contributed by atoms with Gasteiger partial charge in [-0.05, 0) is 54.4 Å². The summed E-state index contributed by atoms with van der Waals surface area (Å²) < 4.78 is 1.98. The summed E-state index contributed by atoms with van der Waals surface area (Å²) in [6, 6.07) is 14.6. The second-order valence-electron chi connectivity index (χ2n) is 5.99. The van der Waals surface area contributed by atoms with Gasteiger partial charge in [0, 0.05) is 27.9 Å². The number of β-amino-alcohol motifs (C(OH)–C–C–N with tert-alkyl or cyclic N) is 1. The van der Waals surface area contributed by atoms with E-state index in [9.17, 15) is 10.2 Å². The Labute approximate surface area is 170 Å². The van der Waals surface area contributed by atoms with E-state index in [4.69, 9.17) is 28.5 Å². The molecule has 3 rings (SSSR count). The molecule has 136 valence electrons. The van der Waals surface area contributed by atoms with Crippen molar-refractivity contribution in [1.82, 2.24) is 4.31 Å². The topological polar surface area (TPSA) is 67.5 Å². The molecule has 2 N–H and O–H groups in total. The average Bonchev–Trinajstić information content (AvgIpc) is 2.94. The zero-order valence-electron chi connectivity index (χ0n) is 13.6. The summed E-state index contributed by atoms with van der Waals surface area (Å²) in [5, 5.41) is 30.5. The van der Waals surface area contributed by atoms with Gasteiger partial charge in [-0.2, -0.15) is 5.26 Å². The zero-order valence-corrected chi connectivity index (χ0v) is 16.7. The molecule has 1 aliphatic rings. The molecule has 0 aromatic heterocycles. The average molecular weight is 427 g/mol. The van der Waals surface area contributed by atoms with Crippen molar-refractivity contribution in [3.8, 4) is 6.07 Å². The highest BCUT2D eigenvalue weighted by atomic mass is 35.5. The minimum atomic E-state index is -1.21. The fraction of sp³-hybridized carbons (Fsp3) is 0.278. The number of thioether (sulfide) groups is 1. The molecule has 2 aromatic rings. The SMILES string of the molecule is N#Cc1ccc(SN2C[C@H](Sc3ccc(Cl)cc3)[C@](O)(CO)C2)c(Cl)c1. The molecule has 0 amide bonds.